The van der Waals surface area contributed by atoms with E-state index in [0.29, 0.717) is 16.1 Å². The van der Waals surface area contributed by atoms with E-state index in [2.05, 4.69) is 9.72 Å². The number of hydrogen-bond donors (Lipinski definition) is 0. The number of hydrogen-bond acceptors (Lipinski definition) is 5. The van der Waals surface area contributed by atoms with Crippen LogP contribution in [0.3, 0.4) is 0 Å². The van der Waals surface area contributed by atoms with Crippen LogP contribution in [0.15, 0.2) is 58.5 Å². The Morgan fingerprint density at radius 2 is 1.93 bits per heavy atom. The van der Waals surface area contributed by atoms with E-state index in [9.17, 15) is 14.0 Å². The van der Waals surface area contributed by atoms with E-state index in [1.54, 1.807) is 30.3 Å². The van der Waals surface area contributed by atoms with E-state index in [1.165, 1.54) is 35.6 Å². The van der Waals surface area contributed by atoms with Gasteiger partial charge in [0, 0.05) is 11.8 Å². The quantitative estimate of drug-likeness (QED) is 0.365. The molecule has 140 valence electrons. The third kappa shape index (κ3) is 4.36. The zero-order chi connectivity index (χ0) is 19.4. The van der Waals surface area contributed by atoms with Crippen LogP contribution in [0.4, 0.5) is 4.39 Å². The lowest BCUT2D eigenvalue weighted by Crippen LogP contribution is -2.25. The summed E-state index contributed by atoms with van der Waals surface area (Å²) in [6.45, 7) is 2.14. The van der Waals surface area contributed by atoms with Crippen molar-refractivity contribution < 1.29 is 13.9 Å². The lowest BCUT2D eigenvalue weighted by atomic mass is 10.2. The van der Waals surface area contributed by atoms with E-state index in [1.807, 2.05) is 13.0 Å². The number of carbonyl (C=O) groups excluding carboxylic acids is 1. The average Bonchev–Trinajstić information content (AvgIpc) is 2.68. The maximum absolute atomic E-state index is 13.2. The van der Waals surface area contributed by atoms with Crippen LogP contribution in [0.1, 0.15) is 24.2 Å². The first-order valence-corrected chi connectivity index (χ1v) is 9.36. The molecule has 1 atom stereocenters. The molecule has 0 radical (unpaired) electrons. The van der Waals surface area contributed by atoms with E-state index in [0.717, 1.165) is 5.56 Å². The molecule has 3 rings (SSSR count). The van der Waals surface area contributed by atoms with Gasteiger partial charge in [0.2, 0.25) is 0 Å². The largest absolute Gasteiger partial charge is 0.469 e. The molecule has 0 saturated carbocycles. The molecule has 7 heteroatoms. The molecule has 2 aromatic carbocycles. The Bertz CT molecular complexity index is 1020. The second kappa shape index (κ2) is 8.35. The molecular weight excluding hydrogens is 367 g/mol. The summed E-state index contributed by atoms with van der Waals surface area (Å²) < 4.78 is 19.4. The van der Waals surface area contributed by atoms with Crippen LogP contribution < -0.4 is 5.56 Å². The Morgan fingerprint density at radius 3 is 2.63 bits per heavy atom. The van der Waals surface area contributed by atoms with Crippen LogP contribution in [0.25, 0.3) is 10.9 Å². The summed E-state index contributed by atoms with van der Waals surface area (Å²) in [4.78, 5) is 29.1. The molecule has 1 heterocycles. The number of aromatic nitrogens is 2. The Kier molecular flexibility index (Phi) is 5.91. The van der Waals surface area contributed by atoms with Crippen molar-refractivity contribution in [3.8, 4) is 0 Å². The first-order valence-electron chi connectivity index (χ1n) is 8.48. The highest BCUT2D eigenvalue weighted by atomic mass is 32.2. The van der Waals surface area contributed by atoms with Gasteiger partial charge in [-0.3, -0.25) is 14.2 Å². The first-order chi connectivity index (χ1) is 13.0. The molecule has 0 bridgehead atoms. The van der Waals surface area contributed by atoms with Gasteiger partial charge in [-0.1, -0.05) is 36.0 Å². The minimum atomic E-state index is -0.391. The molecule has 0 aliphatic carbocycles. The summed E-state index contributed by atoms with van der Waals surface area (Å²) in [5.41, 5.74) is 1.33. The monoisotopic (exact) mass is 386 g/mol. The molecule has 0 fully saturated rings. The van der Waals surface area contributed by atoms with Crippen molar-refractivity contribution in [2.45, 2.75) is 30.3 Å². The third-order valence-corrected chi connectivity index (χ3v) is 5.36. The van der Waals surface area contributed by atoms with Gasteiger partial charge in [0.05, 0.1) is 24.4 Å². The molecule has 0 aliphatic heterocycles. The van der Waals surface area contributed by atoms with Crippen molar-refractivity contribution in [1.82, 2.24) is 9.55 Å². The van der Waals surface area contributed by atoms with Gasteiger partial charge in [0.1, 0.15) is 5.82 Å². The van der Waals surface area contributed by atoms with Crippen LogP contribution in [-0.4, -0.2) is 22.6 Å². The first kappa shape index (κ1) is 19.1. The molecule has 1 aromatic heterocycles. The molecule has 0 amide bonds. The maximum atomic E-state index is 13.2. The van der Waals surface area contributed by atoms with Crippen LogP contribution in [0.5, 0.6) is 0 Å². The summed E-state index contributed by atoms with van der Waals surface area (Å²) in [6, 6.07) is 13.4. The number of halogens is 1. The lowest BCUT2D eigenvalue weighted by Gasteiger charge is -2.16. The van der Waals surface area contributed by atoms with Crippen molar-refractivity contribution in [1.29, 1.82) is 0 Å². The van der Waals surface area contributed by atoms with E-state index in [4.69, 9.17) is 0 Å². The third-order valence-electron chi connectivity index (χ3n) is 4.22. The average molecular weight is 386 g/mol. The van der Waals surface area contributed by atoms with Crippen molar-refractivity contribution in [3.05, 3.63) is 70.3 Å². The second-order valence-corrected chi connectivity index (χ2v) is 7.31. The van der Waals surface area contributed by atoms with Gasteiger partial charge in [-0.25, -0.2) is 9.37 Å². The number of methoxy groups -OCH3 is 1. The van der Waals surface area contributed by atoms with Crippen molar-refractivity contribution in [2.75, 3.05) is 7.11 Å². The molecule has 0 saturated heterocycles. The smallest absolute Gasteiger partial charge is 0.307 e. The number of esters is 1. The molecule has 27 heavy (non-hydrogen) atoms. The number of nitrogens with zero attached hydrogens (tertiary/aromatic N) is 2. The minimum absolute atomic E-state index is 0.0527. The Hall–Kier alpha value is -2.67. The summed E-state index contributed by atoms with van der Waals surface area (Å²) >= 11 is 1.39. The fraction of sp³-hybridized carbons (Fsp3) is 0.250. The Balaban J connectivity index is 1.99. The number of thioether (sulfide) groups is 1. The second-order valence-electron chi connectivity index (χ2n) is 6.01. The van der Waals surface area contributed by atoms with Crippen LogP contribution >= 0.6 is 11.8 Å². The lowest BCUT2D eigenvalue weighted by molar-refractivity contribution is -0.140. The van der Waals surface area contributed by atoms with Gasteiger partial charge in [-0.2, -0.15) is 0 Å². The van der Waals surface area contributed by atoms with E-state index >= 15 is 0 Å². The number of benzene rings is 2. The normalized spacial score (nSPS) is 12.1. The molecule has 3 aromatic rings. The number of ether oxygens (including phenoxy) is 1. The molecule has 0 aliphatic rings. The van der Waals surface area contributed by atoms with Gasteiger partial charge >= 0.3 is 5.97 Å². The van der Waals surface area contributed by atoms with Gasteiger partial charge in [0.15, 0.2) is 5.16 Å². The SMILES string of the molecule is COC(=O)CCn1c(SC(C)c2ccc(F)cc2)nc2ccccc2c1=O. The highest BCUT2D eigenvalue weighted by molar-refractivity contribution is 7.99. The highest BCUT2D eigenvalue weighted by Crippen LogP contribution is 2.34. The molecule has 0 spiro atoms. The van der Waals surface area contributed by atoms with Crippen LogP contribution in [-0.2, 0) is 16.1 Å². The summed E-state index contributed by atoms with van der Waals surface area (Å²) in [6.07, 6.45) is 0.0783. The highest BCUT2D eigenvalue weighted by Gasteiger charge is 2.16. The summed E-state index contributed by atoms with van der Waals surface area (Å²) in [7, 11) is 1.32. The predicted octanol–water partition coefficient (Wildman–Crippen LogP) is 3.95. The Morgan fingerprint density at radius 1 is 1.22 bits per heavy atom. The molecular formula is C20H19FN2O3S. The van der Waals surface area contributed by atoms with Gasteiger partial charge < -0.3 is 4.74 Å². The number of carbonyl (C=O) groups is 1. The number of para-hydroxylation sites is 1. The molecule has 0 N–H and O–H groups in total. The molecule has 5 nitrogen and oxygen atoms in total. The topological polar surface area (TPSA) is 61.2 Å². The minimum Gasteiger partial charge on any atom is -0.469 e. The van der Waals surface area contributed by atoms with E-state index in [-0.39, 0.29) is 29.6 Å². The Labute approximate surface area is 160 Å². The van der Waals surface area contributed by atoms with Crippen molar-refractivity contribution in [2.24, 2.45) is 0 Å². The van der Waals surface area contributed by atoms with Crippen molar-refractivity contribution in [3.63, 3.8) is 0 Å². The van der Waals surface area contributed by atoms with Crippen LogP contribution in [0.2, 0.25) is 0 Å². The molecule has 1 unspecified atom stereocenters. The maximum Gasteiger partial charge on any atom is 0.307 e. The number of rotatable bonds is 6. The fourth-order valence-electron chi connectivity index (χ4n) is 2.70. The summed E-state index contributed by atoms with van der Waals surface area (Å²) in [5.74, 6) is -0.688. The predicted molar refractivity (Wildman–Crippen MR) is 103 cm³/mol. The van der Waals surface area contributed by atoms with Gasteiger partial charge in [-0.05, 0) is 36.8 Å². The fourth-order valence-corrected chi connectivity index (χ4v) is 3.76. The summed E-state index contributed by atoms with van der Waals surface area (Å²) in [5, 5.41) is 0.962. The van der Waals surface area contributed by atoms with E-state index < -0.39 is 5.97 Å². The van der Waals surface area contributed by atoms with Crippen molar-refractivity contribution >= 4 is 28.6 Å². The standard InChI is InChI=1S/C20H19FN2O3S/c1-13(14-7-9-15(21)10-8-14)27-20-22-17-6-4-3-5-16(17)19(25)23(20)12-11-18(24)26-2/h3-10,13H,11-12H2,1-2H3. The number of fused-ring (bicyclic) bond motifs is 1. The van der Waals surface area contributed by atoms with Gasteiger partial charge in [-0.15, -0.1) is 0 Å². The van der Waals surface area contributed by atoms with Gasteiger partial charge in [0.25, 0.3) is 5.56 Å². The van der Waals surface area contributed by atoms with Crippen LogP contribution in [0, 0.1) is 5.82 Å². The zero-order valence-corrected chi connectivity index (χ0v) is 15.8. The zero-order valence-electron chi connectivity index (χ0n) is 15.0.